The molecule has 0 aliphatic rings. The number of aromatic nitrogens is 1. The number of nitrogens with two attached hydrogens (primary N) is 1. The van der Waals surface area contributed by atoms with Crippen molar-refractivity contribution >= 4 is 16.8 Å². The summed E-state index contributed by atoms with van der Waals surface area (Å²) in [5.74, 6) is 4.42. The van der Waals surface area contributed by atoms with Gasteiger partial charge < -0.3 is 4.57 Å². The predicted octanol–water partition coefficient (Wildman–Crippen LogP) is 1.01. The first-order valence-corrected chi connectivity index (χ1v) is 5.53. The van der Waals surface area contributed by atoms with Crippen molar-refractivity contribution in [3.05, 3.63) is 46.2 Å². The predicted molar refractivity (Wildman–Crippen MR) is 65.5 cm³/mol. The number of alkyl halides is 3. The van der Waals surface area contributed by atoms with E-state index in [0.717, 1.165) is 24.3 Å². The van der Waals surface area contributed by atoms with Gasteiger partial charge in [-0.15, -0.1) is 0 Å². The first-order chi connectivity index (χ1) is 9.32. The molecular weight excluding hydrogens is 275 g/mol. The molecule has 0 aliphatic heterocycles. The maximum Gasteiger partial charge on any atom is 0.416 e. The molecule has 0 aliphatic carbocycles. The summed E-state index contributed by atoms with van der Waals surface area (Å²) in [6.45, 7) is -0.196. The number of hydrogen-bond acceptors (Lipinski definition) is 3. The number of carbonyl (C=O) groups is 1. The zero-order valence-electron chi connectivity index (χ0n) is 10.1. The van der Waals surface area contributed by atoms with Crippen LogP contribution in [0.1, 0.15) is 5.56 Å². The highest BCUT2D eigenvalue weighted by atomic mass is 19.4. The third-order valence-corrected chi connectivity index (χ3v) is 2.78. The van der Waals surface area contributed by atoms with Crippen molar-refractivity contribution in [3.8, 4) is 0 Å². The summed E-state index contributed by atoms with van der Waals surface area (Å²) in [6, 6.07) is 3.89. The van der Waals surface area contributed by atoms with Crippen LogP contribution < -0.4 is 16.7 Å². The molecule has 5 nitrogen and oxygen atoms in total. The summed E-state index contributed by atoms with van der Waals surface area (Å²) in [6.07, 6.45) is -3.21. The van der Waals surface area contributed by atoms with Crippen LogP contribution in [0.4, 0.5) is 13.2 Å². The number of rotatable bonds is 2. The molecule has 1 aromatic carbocycles. The quantitative estimate of drug-likeness (QED) is 0.491. The molecule has 0 fully saturated rings. The third kappa shape index (κ3) is 2.64. The molecule has 8 heteroatoms. The molecule has 0 atom stereocenters. The van der Waals surface area contributed by atoms with Crippen LogP contribution in [0.2, 0.25) is 0 Å². The lowest BCUT2D eigenvalue weighted by molar-refractivity contribution is -0.137. The van der Waals surface area contributed by atoms with E-state index in [1.54, 1.807) is 0 Å². The van der Waals surface area contributed by atoms with Gasteiger partial charge in [-0.2, -0.15) is 13.2 Å². The lowest BCUT2D eigenvalue weighted by atomic mass is 10.1. The lowest BCUT2D eigenvalue weighted by Crippen LogP contribution is -2.33. The number of amides is 1. The third-order valence-electron chi connectivity index (χ3n) is 2.78. The minimum Gasteiger partial charge on any atom is -0.338 e. The van der Waals surface area contributed by atoms with Gasteiger partial charge in [-0.1, -0.05) is 0 Å². The SMILES string of the molecule is NNC(=O)Cn1ccc(=O)c2cc(C(F)(F)F)ccc21. The smallest absolute Gasteiger partial charge is 0.338 e. The largest absolute Gasteiger partial charge is 0.416 e. The summed E-state index contributed by atoms with van der Waals surface area (Å²) in [4.78, 5) is 22.9. The van der Waals surface area contributed by atoms with E-state index in [1.807, 2.05) is 5.43 Å². The first-order valence-electron chi connectivity index (χ1n) is 5.53. The van der Waals surface area contributed by atoms with Crippen molar-refractivity contribution in [2.45, 2.75) is 12.7 Å². The Bertz CT molecular complexity index is 722. The van der Waals surface area contributed by atoms with Crippen LogP contribution in [0, 0.1) is 0 Å². The molecule has 106 valence electrons. The van der Waals surface area contributed by atoms with E-state index >= 15 is 0 Å². The standard InChI is InChI=1S/C12H10F3N3O2/c13-12(14,15)7-1-2-9-8(5-7)10(19)3-4-18(9)6-11(20)17-16/h1-5H,6,16H2,(H,17,20). The van der Waals surface area contributed by atoms with Crippen LogP contribution in [0.15, 0.2) is 35.3 Å². The van der Waals surface area contributed by atoms with Crippen LogP contribution in [0.5, 0.6) is 0 Å². The number of hydrogen-bond donors (Lipinski definition) is 2. The van der Waals surface area contributed by atoms with Crippen molar-refractivity contribution in [1.82, 2.24) is 9.99 Å². The highest BCUT2D eigenvalue weighted by Crippen LogP contribution is 2.30. The van der Waals surface area contributed by atoms with Crippen LogP contribution in [-0.2, 0) is 17.5 Å². The van der Waals surface area contributed by atoms with Gasteiger partial charge in [0.1, 0.15) is 6.54 Å². The maximum absolute atomic E-state index is 12.6. The molecule has 2 rings (SSSR count). The molecule has 0 bridgehead atoms. The molecule has 20 heavy (non-hydrogen) atoms. The van der Waals surface area contributed by atoms with E-state index in [1.165, 1.54) is 10.8 Å². The molecule has 0 spiro atoms. The van der Waals surface area contributed by atoms with E-state index in [2.05, 4.69) is 0 Å². The van der Waals surface area contributed by atoms with E-state index in [4.69, 9.17) is 5.84 Å². The molecule has 1 aromatic heterocycles. The number of pyridine rings is 1. The van der Waals surface area contributed by atoms with Crippen molar-refractivity contribution in [2.24, 2.45) is 5.84 Å². The van der Waals surface area contributed by atoms with Gasteiger partial charge in [-0.25, -0.2) is 5.84 Å². The fraction of sp³-hybridized carbons (Fsp3) is 0.167. The second-order valence-corrected chi connectivity index (χ2v) is 4.11. The zero-order chi connectivity index (χ0) is 14.9. The summed E-state index contributed by atoms with van der Waals surface area (Å²) >= 11 is 0. The Morgan fingerprint density at radius 2 is 2.00 bits per heavy atom. The average molecular weight is 285 g/mol. The molecule has 0 unspecified atom stereocenters. The molecule has 1 amide bonds. The highest BCUT2D eigenvalue weighted by molar-refractivity contribution is 5.82. The summed E-state index contributed by atoms with van der Waals surface area (Å²) in [5.41, 5.74) is 0.682. The topological polar surface area (TPSA) is 77.1 Å². The Labute approximate surface area is 110 Å². The van der Waals surface area contributed by atoms with Gasteiger partial charge in [0, 0.05) is 17.6 Å². The number of halogens is 3. The van der Waals surface area contributed by atoms with Gasteiger partial charge in [-0.3, -0.25) is 15.0 Å². The Balaban J connectivity index is 2.62. The van der Waals surface area contributed by atoms with Gasteiger partial charge in [0.05, 0.1) is 11.1 Å². The fourth-order valence-corrected chi connectivity index (χ4v) is 1.83. The van der Waals surface area contributed by atoms with Crippen molar-refractivity contribution in [3.63, 3.8) is 0 Å². The summed E-state index contributed by atoms with van der Waals surface area (Å²) in [5, 5.41) is -0.104. The zero-order valence-corrected chi connectivity index (χ0v) is 10.1. The fourth-order valence-electron chi connectivity index (χ4n) is 1.83. The van der Waals surface area contributed by atoms with Crippen molar-refractivity contribution in [2.75, 3.05) is 0 Å². The van der Waals surface area contributed by atoms with Gasteiger partial charge in [0.25, 0.3) is 5.91 Å². The molecular formula is C12H10F3N3O2. The number of nitrogens with zero attached hydrogens (tertiary/aromatic N) is 1. The van der Waals surface area contributed by atoms with Crippen LogP contribution in [-0.4, -0.2) is 10.5 Å². The monoisotopic (exact) mass is 285 g/mol. The van der Waals surface area contributed by atoms with Crippen molar-refractivity contribution < 1.29 is 18.0 Å². The second-order valence-electron chi connectivity index (χ2n) is 4.11. The van der Waals surface area contributed by atoms with Gasteiger partial charge in [-0.05, 0) is 18.2 Å². The number of carbonyl (C=O) groups excluding carboxylic acids is 1. The van der Waals surface area contributed by atoms with Gasteiger partial charge >= 0.3 is 6.18 Å². The van der Waals surface area contributed by atoms with Crippen molar-refractivity contribution in [1.29, 1.82) is 0 Å². The van der Waals surface area contributed by atoms with E-state index in [-0.39, 0.29) is 17.4 Å². The summed E-state index contributed by atoms with van der Waals surface area (Å²) in [7, 11) is 0. The van der Waals surface area contributed by atoms with Crippen LogP contribution in [0.3, 0.4) is 0 Å². The van der Waals surface area contributed by atoms with E-state index < -0.39 is 23.1 Å². The number of nitrogens with one attached hydrogen (secondary N) is 1. The molecule has 0 radical (unpaired) electrons. The highest BCUT2D eigenvalue weighted by Gasteiger charge is 2.30. The Hall–Kier alpha value is -2.35. The Morgan fingerprint density at radius 3 is 2.60 bits per heavy atom. The van der Waals surface area contributed by atoms with E-state index in [0.29, 0.717) is 0 Å². The normalized spacial score (nSPS) is 11.6. The van der Waals surface area contributed by atoms with Crippen LogP contribution in [0.25, 0.3) is 10.9 Å². The number of fused-ring (bicyclic) bond motifs is 1. The molecule has 3 N–H and O–H groups in total. The molecule has 1 heterocycles. The van der Waals surface area contributed by atoms with Gasteiger partial charge in [0.2, 0.25) is 0 Å². The second kappa shape index (κ2) is 4.97. The summed E-state index contributed by atoms with van der Waals surface area (Å²) < 4.78 is 39.2. The molecule has 0 saturated carbocycles. The van der Waals surface area contributed by atoms with Crippen LogP contribution >= 0.6 is 0 Å². The minimum atomic E-state index is -4.53. The van der Waals surface area contributed by atoms with Gasteiger partial charge in [0.15, 0.2) is 5.43 Å². The number of hydrazine groups is 1. The molecule has 0 saturated heterocycles. The maximum atomic E-state index is 12.6. The average Bonchev–Trinajstić information content (AvgIpc) is 2.40. The minimum absolute atomic E-state index is 0.104. The van der Waals surface area contributed by atoms with E-state index in [9.17, 15) is 22.8 Å². The molecule has 2 aromatic rings. The Morgan fingerprint density at radius 1 is 1.30 bits per heavy atom. The first kappa shape index (κ1) is 14.1. The number of benzene rings is 1. The lowest BCUT2D eigenvalue weighted by Gasteiger charge is -2.12. The Kier molecular flexibility index (Phi) is 3.49.